The van der Waals surface area contributed by atoms with Gasteiger partial charge >= 0.3 is 5.97 Å². The first kappa shape index (κ1) is 25.0. The quantitative estimate of drug-likeness (QED) is 0.203. The van der Waals surface area contributed by atoms with Gasteiger partial charge in [-0.2, -0.15) is 0 Å². The van der Waals surface area contributed by atoms with Crippen molar-refractivity contribution in [1.82, 2.24) is 0 Å². The highest BCUT2D eigenvalue weighted by molar-refractivity contribution is 6.30. The van der Waals surface area contributed by atoms with Crippen molar-refractivity contribution in [3.8, 4) is 0 Å². The monoisotopic (exact) mass is 473 g/mol. The van der Waals surface area contributed by atoms with E-state index in [1.54, 1.807) is 11.0 Å². The smallest absolute Gasteiger partial charge is 0.330 e. The Hall–Kier alpha value is -3.63. The average Bonchev–Trinajstić information content (AvgIpc) is 2.85. The van der Waals surface area contributed by atoms with Crippen LogP contribution in [0.1, 0.15) is 36.1 Å². The van der Waals surface area contributed by atoms with Crippen LogP contribution >= 0.6 is 11.6 Å². The summed E-state index contributed by atoms with van der Waals surface area (Å²) in [4.78, 5) is 26.2. The van der Waals surface area contributed by atoms with Crippen molar-refractivity contribution in [2.75, 3.05) is 12.0 Å². The second kappa shape index (κ2) is 12.0. The number of carbonyl (C=O) groups is 2. The molecule has 4 nitrogen and oxygen atoms in total. The van der Waals surface area contributed by atoms with Crippen LogP contribution in [0.25, 0.3) is 18.2 Å². The molecule has 0 aromatic heterocycles. The Morgan fingerprint density at radius 3 is 2.18 bits per heavy atom. The Bertz CT molecular complexity index is 1200. The van der Waals surface area contributed by atoms with Crippen LogP contribution in [0.2, 0.25) is 5.02 Å². The van der Waals surface area contributed by atoms with Gasteiger partial charge in [0.25, 0.3) is 0 Å². The van der Waals surface area contributed by atoms with Gasteiger partial charge in [0.2, 0.25) is 5.91 Å². The molecule has 1 amide bonds. The van der Waals surface area contributed by atoms with E-state index in [4.69, 9.17) is 11.6 Å². The van der Waals surface area contributed by atoms with Gasteiger partial charge in [0.15, 0.2) is 0 Å². The third kappa shape index (κ3) is 7.19. The fourth-order valence-corrected chi connectivity index (χ4v) is 3.55. The summed E-state index contributed by atoms with van der Waals surface area (Å²) < 4.78 is 4.65. The standard InChI is InChI=1S/C29H28ClNO3/c1-21(2)29(33)31(27-9-5-7-24(19-27)16-17-28(32)34-3)20-25-14-11-22(12-15-25)10-13-23-6-4-8-26(30)18-23/h4-19,21H,20H2,1-3H3/b13-10+,17-16+. The summed E-state index contributed by atoms with van der Waals surface area (Å²) in [6.07, 6.45) is 7.09. The molecule has 0 bridgehead atoms. The van der Waals surface area contributed by atoms with Gasteiger partial charge in [0.05, 0.1) is 13.7 Å². The molecule has 0 heterocycles. The average molecular weight is 474 g/mol. The minimum absolute atomic E-state index is 0.0269. The Balaban J connectivity index is 1.80. The van der Waals surface area contributed by atoms with Gasteiger partial charge in [0, 0.05) is 22.7 Å². The van der Waals surface area contributed by atoms with Gasteiger partial charge in [-0.15, -0.1) is 0 Å². The Morgan fingerprint density at radius 1 is 0.882 bits per heavy atom. The SMILES string of the molecule is COC(=O)/C=C/c1cccc(N(Cc2ccc(/C=C/c3cccc(Cl)c3)cc2)C(=O)C(C)C)c1. The number of benzene rings is 3. The van der Waals surface area contributed by atoms with E-state index in [0.29, 0.717) is 11.6 Å². The topological polar surface area (TPSA) is 46.6 Å². The molecule has 0 aliphatic carbocycles. The van der Waals surface area contributed by atoms with E-state index in [9.17, 15) is 9.59 Å². The van der Waals surface area contributed by atoms with E-state index in [-0.39, 0.29) is 11.8 Å². The van der Waals surface area contributed by atoms with Crippen LogP contribution in [0.3, 0.4) is 0 Å². The maximum absolute atomic E-state index is 13.0. The number of halogens is 1. The molecular formula is C29H28ClNO3. The number of esters is 1. The fraction of sp³-hybridized carbons (Fsp3) is 0.172. The third-order valence-corrected chi connectivity index (χ3v) is 5.43. The maximum Gasteiger partial charge on any atom is 0.330 e. The van der Waals surface area contributed by atoms with Crippen LogP contribution in [0, 0.1) is 5.92 Å². The molecule has 0 radical (unpaired) electrons. The van der Waals surface area contributed by atoms with Crippen molar-refractivity contribution in [3.05, 3.63) is 106 Å². The summed E-state index contributed by atoms with van der Waals surface area (Å²) in [7, 11) is 1.34. The van der Waals surface area contributed by atoms with Crippen LogP contribution in [0.15, 0.2) is 78.9 Å². The molecule has 0 atom stereocenters. The molecular weight excluding hydrogens is 446 g/mol. The Labute approximate surface area is 206 Å². The second-order valence-corrected chi connectivity index (χ2v) is 8.60. The molecule has 0 fully saturated rings. The van der Waals surface area contributed by atoms with Gasteiger partial charge in [-0.3, -0.25) is 4.79 Å². The highest BCUT2D eigenvalue weighted by Gasteiger charge is 2.19. The molecule has 3 aromatic carbocycles. The molecule has 0 spiro atoms. The van der Waals surface area contributed by atoms with Crippen molar-refractivity contribution < 1.29 is 14.3 Å². The molecule has 0 saturated heterocycles. The number of carbonyl (C=O) groups excluding carboxylic acids is 2. The second-order valence-electron chi connectivity index (χ2n) is 8.16. The summed E-state index contributed by atoms with van der Waals surface area (Å²) in [6.45, 7) is 4.22. The van der Waals surface area contributed by atoms with E-state index in [2.05, 4.69) is 4.74 Å². The van der Waals surface area contributed by atoms with Gasteiger partial charge in [0.1, 0.15) is 0 Å². The predicted molar refractivity (Wildman–Crippen MR) is 140 cm³/mol. The minimum atomic E-state index is -0.426. The van der Waals surface area contributed by atoms with E-state index in [0.717, 1.165) is 27.9 Å². The molecule has 0 aliphatic rings. The van der Waals surface area contributed by atoms with Crippen LogP contribution in [-0.4, -0.2) is 19.0 Å². The zero-order valence-corrected chi connectivity index (χ0v) is 20.3. The molecule has 5 heteroatoms. The normalized spacial score (nSPS) is 11.3. The number of hydrogen-bond acceptors (Lipinski definition) is 3. The first-order valence-electron chi connectivity index (χ1n) is 11.1. The fourth-order valence-electron chi connectivity index (χ4n) is 3.36. The first-order valence-corrected chi connectivity index (χ1v) is 11.4. The van der Waals surface area contributed by atoms with E-state index in [1.807, 2.05) is 98.8 Å². The van der Waals surface area contributed by atoms with Crippen LogP contribution < -0.4 is 4.90 Å². The van der Waals surface area contributed by atoms with Crippen molar-refractivity contribution in [2.45, 2.75) is 20.4 Å². The van der Waals surface area contributed by atoms with Crippen molar-refractivity contribution in [2.24, 2.45) is 5.92 Å². The summed E-state index contributed by atoms with van der Waals surface area (Å²) in [5, 5.41) is 0.706. The number of anilines is 1. The van der Waals surface area contributed by atoms with Crippen LogP contribution in [0.4, 0.5) is 5.69 Å². The molecule has 3 aromatic rings. The number of hydrogen-bond donors (Lipinski definition) is 0. The highest BCUT2D eigenvalue weighted by atomic mass is 35.5. The number of nitrogens with zero attached hydrogens (tertiary/aromatic N) is 1. The molecule has 3 rings (SSSR count). The van der Waals surface area contributed by atoms with Crippen molar-refractivity contribution in [1.29, 1.82) is 0 Å². The largest absolute Gasteiger partial charge is 0.466 e. The molecule has 0 unspecified atom stereocenters. The van der Waals surface area contributed by atoms with Gasteiger partial charge in [-0.1, -0.05) is 86.1 Å². The van der Waals surface area contributed by atoms with Gasteiger partial charge < -0.3 is 9.64 Å². The third-order valence-electron chi connectivity index (χ3n) is 5.19. The Morgan fingerprint density at radius 2 is 1.53 bits per heavy atom. The summed E-state index contributed by atoms with van der Waals surface area (Å²) in [5.74, 6) is -0.557. The summed E-state index contributed by atoms with van der Waals surface area (Å²) in [6, 6.07) is 23.3. The van der Waals surface area contributed by atoms with Gasteiger partial charge in [-0.05, 0) is 52.6 Å². The molecule has 34 heavy (non-hydrogen) atoms. The Kier molecular flexibility index (Phi) is 8.83. The van der Waals surface area contributed by atoms with Crippen molar-refractivity contribution in [3.63, 3.8) is 0 Å². The lowest BCUT2D eigenvalue weighted by molar-refractivity contribution is -0.134. The van der Waals surface area contributed by atoms with E-state index < -0.39 is 5.97 Å². The minimum Gasteiger partial charge on any atom is -0.466 e. The number of methoxy groups -OCH3 is 1. The molecule has 0 saturated carbocycles. The van der Waals surface area contributed by atoms with Gasteiger partial charge in [-0.25, -0.2) is 4.79 Å². The highest BCUT2D eigenvalue weighted by Crippen LogP contribution is 2.23. The van der Waals surface area contributed by atoms with E-state index in [1.165, 1.54) is 13.2 Å². The van der Waals surface area contributed by atoms with E-state index >= 15 is 0 Å². The predicted octanol–water partition coefficient (Wildman–Crippen LogP) is 6.89. The summed E-state index contributed by atoms with van der Waals surface area (Å²) in [5.41, 5.74) is 4.69. The zero-order chi connectivity index (χ0) is 24.5. The number of amides is 1. The number of ether oxygens (including phenoxy) is 1. The lowest BCUT2D eigenvalue weighted by Crippen LogP contribution is -2.33. The van der Waals surface area contributed by atoms with Crippen LogP contribution in [0.5, 0.6) is 0 Å². The summed E-state index contributed by atoms with van der Waals surface area (Å²) >= 11 is 6.05. The maximum atomic E-state index is 13.0. The zero-order valence-electron chi connectivity index (χ0n) is 19.6. The lowest BCUT2D eigenvalue weighted by atomic mass is 10.1. The number of rotatable bonds is 8. The molecule has 174 valence electrons. The first-order chi connectivity index (χ1) is 16.4. The molecule has 0 aliphatic heterocycles. The lowest BCUT2D eigenvalue weighted by Gasteiger charge is -2.25. The van der Waals surface area contributed by atoms with Crippen LogP contribution in [-0.2, 0) is 20.9 Å². The van der Waals surface area contributed by atoms with Crippen molar-refractivity contribution >= 4 is 47.4 Å². The molecule has 0 N–H and O–H groups in total.